The zero-order valence-corrected chi connectivity index (χ0v) is 14.7. The van der Waals surface area contributed by atoms with Crippen LogP contribution in [0.25, 0.3) is 11.1 Å². The van der Waals surface area contributed by atoms with Gasteiger partial charge in [0.2, 0.25) is 5.96 Å². The van der Waals surface area contributed by atoms with Crippen LogP contribution in [0.2, 0.25) is 0 Å². The molecule has 4 heteroatoms. The second kappa shape index (κ2) is 6.48. The second-order valence-electron chi connectivity index (χ2n) is 6.86. The first kappa shape index (κ1) is 16.2. The molecule has 24 heavy (non-hydrogen) atoms. The molecule has 0 fully saturated rings. The lowest BCUT2D eigenvalue weighted by Gasteiger charge is -2.22. The molecule has 0 aromatic heterocycles. The van der Waals surface area contributed by atoms with Gasteiger partial charge in [-0.15, -0.1) is 0 Å². The van der Waals surface area contributed by atoms with Crippen LogP contribution < -0.4 is 10.7 Å². The van der Waals surface area contributed by atoms with Gasteiger partial charge in [-0.3, -0.25) is 4.99 Å². The van der Waals surface area contributed by atoms with E-state index in [2.05, 4.69) is 90.1 Å². The fraction of sp³-hybridized carbons (Fsp3) is 0.300. The molecule has 0 atom stereocenters. The Morgan fingerprint density at radius 1 is 0.875 bits per heavy atom. The molecule has 2 aromatic carbocycles. The van der Waals surface area contributed by atoms with Gasteiger partial charge < -0.3 is 5.32 Å². The van der Waals surface area contributed by atoms with E-state index in [1.807, 2.05) is 6.92 Å². The number of guanidine groups is 1. The van der Waals surface area contributed by atoms with Crippen LogP contribution in [0.4, 0.5) is 0 Å². The van der Waals surface area contributed by atoms with Gasteiger partial charge in [0.25, 0.3) is 0 Å². The standard InChI is InChI=1S/C20H24N4/c1-5-21-19(22-20(2,3)4)24-23-18-16-12-8-6-10-14(16)15-11-7-9-13-17(15)18/h6-13H,5H2,1-4H3,(H2,21,22,24). The van der Waals surface area contributed by atoms with Crippen LogP contribution in [-0.2, 0) is 0 Å². The number of nitrogens with one attached hydrogen (secondary N) is 2. The Bertz CT molecular complexity index is 750. The van der Waals surface area contributed by atoms with Crippen LogP contribution in [0.1, 0.15) is 38.8 Å². The van der Waals surface area contributed by atoms with E-state index in [0.717, 1.165) is 16.8 Å². The van der Waals surface area contributed by atoms with E-state index in [4.69, 9.17) is 0 Å². The van der Waals surface area contributed by atoms with Crippen molar-refractivity contribution in [2.24, 2.45) is 10.1 Å². The maximum Gasteiger partial charge on any atom is 0.212 e. The molecule has 1 aliphatic rings. The minimum absolute atomic E-state index is 0.0767. The molecule has 2 N–H and O–H groups in total. The summed E-state index contributed by atoms with van der Waals surface area (Å²) in [6.45, 7) is 9.02. The highest BCUT2D eigenvalue weighted by Crippen LogP contribution is 2.36. The van der Waals surface area contributed by atoms with Gasteiger partial charge in [0, 0.05) is 23.2 Å². The van der Waals surface area contributed by atoms with E-state index in [-0.39, 0.29) is 5.54 Å². The normalized spacial score (nSPS) is 13.3. The molecule has 1 aliphatic carbocycles. The van der Waals surface area contributed by atoms with Gasteiger partial charge in [-0.1, -0.05) is 48.5 Å². The molecule has 4 nitrogen and oxygen atoms in total. The Balaban J connectivity index is 1.96. The van der Waals surface area contributed by atoms with E-state index < -0.39 is 0 Å². The first-order chi connectivity index (χ1) is 11.5. The van der Waals surface area contributed by atoms with Crippen molar-refractivity contribution < 1.29 is 0 Å². The quantitative estimate of drug-likeness (QED) is 0.429. The molecular formula is C20H24N4. The molecule has 124 valence electrons. The first-order valence-electron chi connectivity index (χ1n) is 8.35. The average molecular weight is 320 g/mol. The Morgan fingerprint density at radius 2 is 1.38 bits per heavy atom. The van der Waals surface area contributed by atoms with Gasteiger partial charge >= 0.3 is 0 Å². The van der Waals surface area contributed by atoms with Gasteiger partial charge in [0.1, 0.15) is 0 Å². The van der Waals surface area contributed by atoms with Crippen LogP contribution in [0.3, 0.4) is 0 Å². The van der Waals surface area contributed by atoms with Crippen LogP contribution >= 0.6 is 0 Å². The third-order valence-electron chi connectivity index (χ3n) is 3.74. The van der Waals surface area contributed by atoms with E-state index >= 15 is 0 Å². The molecular weight excluding hydrogens is 296 g/mol. The zero-order valence-electron chi connectivity index (χ0n) is 14.7. The SMILES string of the molecule is CCN=C(NN=C1c2ccccc2-c2ccccc21)NC(C)(C)C. The Hall–Kier alpha value is -2.62. The van der Waals surface area contributed by atoms with Gasteiger partial charge in [0.15, 0.2) is 0 Å². The Morgan fingerprint density at radius 3 is 1.83 bits per heavy atom. The minimum Gasteiger partial charge on any atom is -0.350 e. The average Bonchev–Trinajstić information content (AvgIpc) is 2.86. The number of hydrogen-bond donors (Lipinski definition) is 2. The van der Waals surface area contributed by atoms with Crippen LogP contribution in [0.15, 0.2) is 58.6 Å². The molecule has 0 radical (unpaired) electrons. The maximum atomic E-state index is 4.68. The van der Waals surface area contributed by atoms with Crippen molar-refractivity contribution in [1.29, 1.82) is 0 Å². The van der Waals surface area contributed by atoms with Crippen LogP contribution in [0, 0.1) is 0 Å². The van der Waals surface area contributed by atoms with Crippen molar-refractivity contribution in [3.8, 4) is 11.1 Å². The number of rotatable bonds is 2. The summed E-state index contributed by atoms with van der Waals surface area (Å²) >= 11 is 0. The van der Waals surface area contributed by atoms with Gasteiger partial charge in [-0.25, -0.2) is 5.43 Å². The summed E-state index contributed by atoms with van der Waals surface area (Å²) in [6, 6.07) is 16.8. The van der Waals surface area contributed by atoms with Crippen molar-refractivity contribution in [3.63, 3.8) is 0 Å². The fourth-order valence-corrected chi connectivity index (χ4v) is 2.84. The van der Waals surface area contributed by atoms with Crippen LogP contribution in [-0.4, -0.2) is 23.8 Å². The van der Waals surface area contributed by atoms with Crippen molar-refractivity contribution in [3.05, 3.63) is 59.7 Å². The van der Waals surface area contributed by atoms with E-state index in [1.54, 1.807) is 0 Å². The topological polar surface area (TPSA) is 48.8 Å². The fourth-order valence-electron chi connectivity index (χ4n) is 2.84. The van der Waals surface area contributed by atoms with E-state index in [9.17, 15) is 0 Å². The van der Waals surface area contributed by atoms with Gasteiger partial charge in [-0.2, -0.15) is 5.10 Å². The summed E-state index contributed by atoms with van der Waals surface area (Å²) in [6.07, 6.45) is 0. The molecule has 0 saturated carbocycles. The lowest BCUT2D eigenvalue weighted by atomic mass is 10.1. The third kappa shape index (κ3) is 3.32. The molecule has 3 rings (SSSR count). The Labute approximate surface area is 143 Å². The van der Waals surface area contributed by atoms with Crippen molar-refractivity contribution in [2.75, 3.05) is 6.54 Å². The number of nitrogens with zero attached hydrogens (tertiary/aromatic N) is 2. The summed E-state index contributed by atoms with van der Waals surface area (Å²) in [4.78, 5) is 4.47. The van der Waals surface area contributed by atoms with Crippen LogP contribution in [0.5, 0.6) is 0 Å². The van der Waals surface area contributed by atoms with Crippen molar-refractivity contribution in [2.45, 2.75) is 33.2 Å². The summed E-state index contributed by atoms with van der Waals surface area (Å²) in [7, 11) is 0. The molecule has 0 spiro atoms. The highest BCUT2D eigenvalue weighted by molar-refractivity contribution is 6.24. The lowest BCUT2D eigenvalue weighted by Crippen LogP contribution is -2.46. The highest BCUT2D eigenvalue weighted by Gasteiger charge is 2.24. The number of aliphatic imine (C=N–C) groups is 1. The Kier molecular flexibility index (Phi) is 4.38. The second-order valence-corrected chi connectivity index (χ2v) is 6.86. The summed E-state index contributed by atoms with van der Waals surface area (Å²) in [5.41, 5.74) is 8.77. The zero-order chi connectivity index (χ0) is 17.2. The van der Waals surface area contributed by atoms with Gasteiger partial charge in [0.05, 0.1) is 5.71 Å². The number of benzene rings is 2. The van der Waals surface area contributed by atoms with Gasteiger partial charge in [-0.05, 0) is 38.8 Å². The molecule has 0 heterocycles. The lowest BCUT2D eigenvalue weighted by molar-refractivity contribution is 0.502. The molecule has 0 saturated heterocycles. The smallest absolute Gasteiger partial charge is 0.212 e. The number of hydrazone groups is 1. The monoisotopic (exact) mass is 320 g/mol. The third-order valence-corrected chi connectivity index (χ3v) is 3.74. The predicted molar refractivity (Wildman–Crippen MR) is 102 cm³/mol. The molecule has 2 aromatic rings. The summed E-state index contributed by atoms with van der Waals surface area (Å²) < 4.78 is 0. The van der Waals surface area contributed by atoms with Crippen molar-refractivity contribution in [1.82, 2.24) is 10.7 Å². The van der Waals surface area contributed by atoms with Crippen molar-refractivity contribution >= 4 is 11.7 Å². The number of fused-ring (bicyclic) bond motifs is 3. The first-order valence-corrected chi connectivity index (χ1v) is 8.35. The molecule has 0 aliphatic heterocycles. The summed E-state index contributed by atoms with van der Waals surface area (Å²) in [5, 5.41) is 8.04. The number of hydrogen-bond acceptors (Lipinski definition) is 2. The molecule has 0 amide bonds. The predicted octanol–water partition coefficient (Wildman–Crippen LogP) is 3.77. The largest absolute Gasteiger partial charge is 0.350 e. The molecule has 0 unspecified atom stereocenters. The van der Waals surface area contributed by atoms with E-state index in [0.29, 0.717) is 12.5 Å². The van der Waals surface area contributed by atoms with E-state index in [1.165, 1.54) is 11.1 Å². The molecule has 0 bridgehead atoms. The summed E-state index contributed by atoms with van der Waals surface area (Å²) in [5.74, 6) is 0.694. The minimum atomic E-state index is -0.0767. The maximum absolute atomic E-state index is 4.68. The highest BCUT2D eigenvalue weighted by atomic mass is 15.4.